The second kappa shape index (κ2) is 6.19. The average Bonchev–Trinajstić information content (AvgIpc) is 2.44. The first kappa shape index (κ1) is 14.1. The van der Waals surface area contributed by atoms with Gasteiger partial charge in [-0.25, -0.2) is 0 Å². The molecular formula is C16H18N2O2. The molecule has 4 nitrogen and oxygen atoms in total. The number of rotatable bonds is 4. The number of aromatic nitrogens is 1. The molecule has 0 unspecified atom stereocenters. The van der Waals surface area contributed by atoms with E-state index in [-0.39, 0.29) is 5.91 Å². The van der Waals surface area contributed by atoms with Crippen LogP contribution in [-0.4, -0.2) is 17.0 Å². The molecule has 1 heterocycles. The van der Waals surface area contributed by atoms with Crippen LogP contribution in [0.3, 0.4) is 0 Å². The first-order chi connectivity index (χ1) is 9.56. The highest BCUT2D eigenvalue weighted by Gasteiger charge is 2.15. The van der Waals surface area contributed by atoms with Gasteiger partial charge in [0.25, 0.3) is 5.91 Å². The second-order valence-corrected chi connectivity index (χ2v) is 4.76. The van der Waals surface area contributed by atoms with Crippen molar-refractivity contribution in [2.75, 3.05) is 5.32 Å². The summed E-state index contributed by atoms with van der Waals surface area (Å²) < 4.78 is 5.73. The lowest BCUT2D eigenvalue weighted by atomic mass is 10.1. The number of carbonyl (C=O) groups is 1. The molecule has 0 aliphatic carbocycles. The molecule has 1 aromatic carbocycles. The largest absolute Gasteiger partial charge is 0.481 e. The van der Waals surface area contributed by atoms with Crippen molar-refractivity contribution >= 4 is 11.6 Å². The van der Waals surface area contributed by atoms with Crippen LogP contribution < -0.4 is 10.1 Å². The lowest BCUT2D eigenvalue weighted by Crippen LogP contribution is -2.30. The fraction of sp³-hybridized carbons (Fsp3) is 0.250. The van der Waals surface area contributed by atoms with E-state index < -0.39 is 6.10 Å². The maximum Gasteiger partial charge on any atom is 0.265 e. The standard InChI is InChI=1S/C16H18N2O2/c1-11-6-7-12(2)15(9-11)20-13(3)16(19)18-14-5-4-8-17-10-14/h4-10,13H,1-3H3,(H,18,19)/t13-/m1/s1. The molecule has 0 aliphatic heterocycles. The number of nitrogens with zero attached hydrogens (tertiary/aromatic N) is 1. The van der Waals surface area contributed by atoms with E-state index in [2.05, 4.69) is 10.3 Å². The molecule has 20 heavy (non-hydrogen) atoms. The molecule has 4 heteroatoms. The third-order valence-electron chi connectivity index (χ3n) is 2.95. The van der Waals surface area contributed by atoms with Gasteiger partial charge in [-0.15, -0.1) is 0 Å². The molecule has 1 aromatic heterocycles. The highest BCUT2D eigenvalue weighted by atomic mass is 16.5. The van der Waals surface area contributed by atoms with E-state index >= 15 is 0 Å². The predicted molar refractivity (Wildman–Crippen MR) is 78.9 cm³/mol. The molecule has 0 saturated carbocycles. The fourth-order valence-electron chi connectivity index (χ4n) is 1.76. The number of hydrogen-bond acceptors (Lipinski definition) is 3. The number of amides is 1. The van der Waals surface area contributed by atoms with Gasteiger partial charge in [0.2, 0.25) is 0 Å². The Morgan fingerprint density at radius 2 is 2.10 bits per heavy atom. The Labute approximate surface area is 118 Å². The summed E-state index contributed by atoms with van der Waals surface area (Å²) in [5.74, 6) is 0.540. The Balaban J connectivity index is 2.02. The van der Waals surface area contributed by atoms with E-state index in [1.807, 2.05) is 32.0 Å². The zero-order valence-electron chi connectivity index (χ0n) is 11.9. The molecule has 0 bridgehead atoms. The van der Waals surface area contributed by atoms with E-state index in [1.54, 1.807) is 31.5 Å². The summed E-state index contributed by atoms with van der Waals surface area (Å²) >= 11 is 0. The number of aryl methyl sites for hydroxylation is 2. The van der Waals surface area contributed by atoms with E-state index in [1.165, 1.54) is 0 Å². The smallest absolute Gasteiger partial charge is 0.265 e. The lowest BCUT2D eigenvalue weighted by molar-refractivity contribution is -0.122. The third kappa shape index (κ3) is 3.57. The Bertz CT molecular complexity index is 597. The Hall–Kier alpha value is -2.36. The van der Waals surface area contributed by atoms with Crippen LogP contribution in [0, 0.1) is 13.8 Å². The van der Waals surface area contributed by atoms with Gasteiger partial charge in [-0.2, -0.15) is 0 Å². The molecule has 2 rings (SSSR count). The summed E-state index contributed by atoms with van der Waals surface area (Å²) in [4.78, 5) is 16.0. The molecule has 0 saturated heterocycles. The Morgan fingerprint density at radius 3 is 2.80 bits per heavy atom. The molecule has 2 aromatic rings. The average molecular weight is 270 g/mol. The van der Waals surface area contributed by atoms with Crippen LogP contribution in [0.15, 0.2) is 42.7 Å². The van der Waals surface area contributed by atoms with Gasteiger partial charge in [0.15, 0.2) is 6.10 Å². The quantitative estimate of drug-likeness (QED) is 0.928. The van der Waals surface area contributed by atoms with Crippen LogP contribution in [0.1, 0.15) is 18.1 Å². The van der Waals surface area contributed by atoms with Crippen molar-refractivity contribution in [1.29, 1.82) is 0 Å². The summed E-state index contributed by atoms with van der Waals surface area (Å²) in [6.45, 7) is 5.68. The minimum Gasteiger partial charge on any atom is -0.481 e. The van der Waals surface area contributed by atoms with Crippen LogP contribution in [0.25, 0.3) is 0 Å². The van der Waals surface area contributed by atoms with Gasteiger partial charge in [-0.05, 0) is 50.1 Å². The zero-order valence-corrected chi connectivity index (χ0v) is 11.9. The van der Waals surface area contributed by atoms with Gasteiger partial charge in [-0.3, -0.25) is 9.78 Å². The van der Waals surface area contributed by atoms with Crippen LogP contribution in [-0.2, 0) is 4.79 Å². The summed E-state index contributed by atoms with van der Waals surface area (Å²) in [7, 11) is 0. The van der Waals surface area contributed by atoms with E-state index in [9.17, 15) is 4.79 Å². The van der Waals surface area contributed by atoms with Crippen LogP contribution in [0.4, 0.5) is 5.69 Å². The molecule has 1 atom stereocenters. The number of anilines is 1. The molecule has 1 amide bonds. The van der Waals surface area contributed by atoms with Gasteiger partial charge >= 0.3 is 0 Å². The van der Waals surface area contributed by atoms with E-state index in [4.69, 9.17) is 4.74 Å². The number of carbonyl (C=O) groups excluding carboxylic acids is 1. The lowest BCUT2D eigenvalue weighted by Gasteiger charge is -2.16. The molecule has 0 fully saturated rings. The molecule has 1 N–H and O–H groups in total. The van der Waals surface area contributed by atoms with Crippen molar-refractivity contribution in [2.24, 2.45) is 0 Å². The molecule has 0 spiro atoms. The summed E-state index contributed by atoms with van der Waals surface area (Å²) in [6, 6.07) is 9.49. The van der Waals surface area contributed by atoms with Crippen molar-refractivity contribution in [3.05, 3.63) is 53.9 Å². The van der Waals surface area contributed by atoms with Crippen molar-refractivity contribution in [3.63, 3.8) is 0 Å². The van der Waals surface area contributed by atoms with Crippen LogP contribution in [0.5, 0.6) is 5.75 Å². The van der Waals surface area contributed by atoms with Crippen molar-refractivity contribution in [3.8, 4) is 5.75 Å². The minimum atomic E-state index is -0.573. The SMILES string of the molecule is Cc1ccc(C)c(O[C@H](C)C(=O)Nc2cccnc2)c1. The van der Waals surface area contributed by atoms with Crippen LogP contribution >= 0.6 is 0 Å². The van der Waals surface area contributed by atoms with Crippen molar-refractivity contribution in [1.82, 2.24) is 4.98 Å². The van der Waals surface area contributed by atoms with Gasteiger partial charge in [0.05, 0.1) is 11.9 Å². The molecular weight excluding hydrogens is 252 g/mol. The number of nitrogens with one attached hydrogen (secondary N) is 1. The Morgan fingerprint density at radius 1 is 1.30 bits per heavy atom. The first-order valence-electron chi connectivity index (χ1n) is 6.51. The number of benzene rings is 1. The van der Waals surface area contributed by atoms with E-state index in [0.29, 0.717) is 5.69 Å². The monoisotopic (exact) mass is 270 g/mol. The topological polar surface area (TPSA) is 51.2 Å². The molecule has 0 radical (unpaired) electrons. The van der Waals surface area contributed by atoms with Gasteiger partial charge in [0, 0.05) is 6.20 Å². The Kier molecular flexibility index (Phi) is 4.35. The van der Waals surface area contributed by atoms with Gasteiger partial charge in [-0.1, -0.05) is 12.1 Å². The van der Waals surface area contributed by atoms with Gasteiger partial charge < -0.3 is 10.1 Å². The molecule has 0 aliphatic rings. The van der Waals surface area contributed by atoms with Gasteiger partial charge in [0.1, 0.15) is 5.75 Å². The van der Waals surface area contributed by atoms with E-state index in [0.717, 1.165) is 16.9 Å². The number of hydrogen-bond donors (Lipinski definition) is 1. The highest BCUT2D eigenvalue weighted by molar-refractivity contribution is 5.93. The number of pyridine rings is 1. The van der Waals surface area contributed by atoms with Crippen molar-refractivity contribution in [2.45, 2.75) is 26.9 Å². The molecule has 104 valence electrons. The third-order valence-corrected chi connectivity index (χ3v) is 2.95. The fourth-order valence-corrected chi connectivity index (χ4v) is 1.76. The first-order valence-corrected chi connectivity index (χ1v) is 6.51. The second-order valence-electron chi connectivity index (χ2n) is 4.76. The summed E-state index contributed by atoms with van der Waals surface area (Å²) in [5.41, 5.74) is 2.77. The van der Waals surface area contributed by atoms with Crippen molar-refractivity contribution < 1.29 is 9.53 Å². The minimum absolute atomic E-state index is 0.195. The highest BCUT2D eigenvalue weighted by Crippen LogP contribution is 2.20. The van der Waals surface area contributed by atoms with Crippen LogP contribution in [0.2, 0.25) is 0 Å². The zero-order chi connectivity index (χ0) is 14.5. The predicted octanol–water partition coefficient (Wildman–Crippen LogP) is 3.10. The summed E-state index contributed by atoms with van der Waals surface area (Å²) in [6.07, 6.45) is 2.68. The number of ether oxygens (including phenoxy) is 1. The summed E-state index contributed by atoms with van der Waals surface area (Å²) in [5, 5.41) is 2.77. The normalized spacial score (nSPS) is 11.8. The maximum absolute atomic E-state index is 12.0. The maximum atomic E-state index is 12.0.